The van der Waals surface area contributed by atoms with Gasteiger partial charge in [0.05, 0.1) is 13.2 Å². The third kappa shape index (κ3) is 1.78. The highest BCUT2D eigenvalue weighted by atomic mass is 16.7. The van der Waals surface area contributed by atoms with E-state index in [1.165, 1.54) is 0 Å². The molecule has 0 aliphatic carbocycles. The van der Waals surface area contributed by atoms with Crippen molar-refractivity contribution in [3.05, 3.63) is 23.8 Å². The molecule has 1 aromatic carbocycles. The minimum Gasteiger partial charge on any atom is -0.454 e. The summed E-state index contributed by atoms with van der Waals surface area (Å²) in [5.41, 5.74) is 1.14. The van der Waals surface area contributed by atoms with Crippen LogP contribution in [0.5, 0.6) is 11.5 Å². The first-order chi connectivity index (χ1) is 7.42. The highest BCUT2D eigenvalue weighted by molar-refractivity contribution is 5.44. The molecule has 1 saturated heterocycles. The summed E-state index contributed by atoms with van der Waals surface area (Å²) in [5.74, 6) is 1.62. The fourth-order valence-electron chi connectivity index (χ4n) is 1.79. The number of hydrogen-bond acceptors (Lipinski definition) is 4. The van der Waals surface area contributed by atoms with Crippen LogP contribution in [-0.2, 0) is 15.9 Å². The Morgan fingerprint density at radius 3 is 2.73 bits per heavy atom. The molecule has 2 aliphatic heterocycles. The first-order valence-electron chi connectivity index (χ1n) is 5.03. The number of ether oxygens (including phenoxy) is 4. The largest absolute Gasteiger partial charge is 0.454 e. The van der Waals surface area contributed by atoms with E-state index in [0.717, 1.165) is 23.5 Å². The van der Waals surface area contributed by atoms with Crippen LogP contribution in [0.1, 0.15) is 5.56 Å². The maximum atomic E-state index is 5.38. The van der Waals surface area contributed by atoms with Gasteiger partial charge in [0, 0.05) is 6.42 Å². The van der Waals surface area contributed by atoms with Crippen molar-refractivity contribution >= 4 is 0 Å². The molecule has 15 heavy (non-hydrogen) atoms. The summed E-state index contributed by atoms with van der Waals surface area (Å²) >= 11 is 0. The summed E-state index contributed by atoms with van der Waals surface area (Å²) in [7, 11) is 0. The van der Waals surface area contributed by atoms with Gasteiger partial charge in [0.1, 0.15) is 0 Å². The lowest BCUT2D eigenvalue weighted by Gasteiger charge is -2.09. The molecule has 2 heterocycles. The average Bonchev–Trinajstić information content (AvgIpc) is 2.87. The van der Waals surface area contributed by atoms with Crippen LogP contribution >= 0.6 is 0 Å². The molecule has 0 spiro atoms. The first kappa shape index (κ1) is 9.00. The molecule has 0 bridgehead atoms. The van der Waals surface area contributed by atoms with Crippen molar-refractivity contribution in [1.29, 1.82) is 0 Å². The predicted molar refractivity (Wildman–Crippen MR) is 52.0 cm³/mol. The molecular formula is C11H12O4. The van der Waals surface area contributed by atoms with Crippen LogP contribution in [-0.4, -0.2) is 26.3 Å². The minimum atomic E-state index is -0.106. The lowest BCUT2D eigenvalue weighted by atomic mass is 10.1. The third-order valence-corrected chi connectivity index (χ3v) is 2.53. The van der Waals surface area contributed by atoms with Gasteiger partial charge in [0.15, 0.2) is 17.8 Å². The van der Waals surface area contributed by atoms with Gasteiger partial charge in [0.25, 0.3) is 0 Å². The molecule has 0 unspecified atom stereocenters. The lowest BCUT2D eigenvalue weighted by Crippen LogP contribution is -2.10. The molecule has 0 saturated carbocycles. The Morgan fingerprint density at radius 2 is 1.87 bits per heavy atom. The second-order valence-electron chi connectivity index (χ2n) is 3.56. The zero-order valence-corrected chi connectivity index (χ0v) is 8.27. The van der Waals surface area contributed by atoms with Crippen LogP contribution in [0.25, 0.3) is 0 Å². The summed E-state index contributed by atoms with van der Waals surface area (Å²) < 4.78 is 21.3. The molecule has 4 nitrogen and oxygen atoms in total. The quantitative estimate of drug-likeness (QED) is 0.734. The topological polar surface area (TPSA) is 36.9 Å². The number of benzene rings is 1. The van der Waals surface area contributed by atoms with Gasteiger partial charge < -0.3 is 18.9 Å². The molecule has 1 fully saturated rings. The van der Waals surface area contributed by atoms with E-state index in [9.17, 15) is 0 Å². The van der Waals surface area contributed by atoms with Crippen LogP contribution in [0.15, 0.2) is 18.2 Å². The van der Waals surface area contributed by atoms with Crippen LogP contribution < -0.4 is 9.47 Å². The summed E-state index contributed by atoms with van der Waals surface area (Å²) in [5, 5.41) is 0. The Balaban J connectivity index is 1.75. The van der Waals surface area contributed by atoms with Gasteiger partial charge in [-0.15, -0.1) is 0 Å². The molecular weight excluding hydrogens is 196 g/mol. The molecule has 80 valence electrons. The van der Waals surface area contributed by atoms with E-state index in [-0.39, 0.29) is 6.29 Å². The van der Waals surface area contributed by atoms with Gasteiger partial charge in [0.2, 0.25) is 6.79 Å². The van der Waals surface area contributed by atoms with Gasteiger partial charge in [-0.3, -0.25) is 0 Å². The van der Waals surface area contributed by atoms with E-state index in [0.29, 0.717) is 20.0 Å². The van der Waals surface area contributed by atoms with Crippen molar-refractivity contribution in [2.75, 3.05) is 20.0 Å². The van der Waals surface area contributed by atoms with E-state index in [1.54, 1.807) is 0 Å². The van der Waals surface area contributed by atoms with Crippen molar-refractivity contribution in [2.45, 2.75) is 12.7 Å². The van der Waals surface area contributed by atoms with E-state index in [2.05, 4.69) is 0 Å². The Morgan fingerprint density at radius 1 is 1.07 bits per heavy atom. The smallest absolute Gasteiger partial charge is 0.231 e. The molecule has 0 radical (unpaired) electrons. The molecule has 4 heteroatoms. The van der Waals surface area contributed by atoms with E-state index in [1.807, 2.05) is 18.2 Å². The maximum absolute atomic E-state index is 5.38. The SMILES string of the molecule is c1cc2c(cc1CC1OCCO1)OCO2. The Bertz CT molecular complexity index is 358. The summed E-state index contributed by atoms with van der Waals surface area (Å²) in [6, 6.07) is 5.92. The highest BCUT2D eigenvalue weighted by Crippen LogP contribution is 2.33. The zero-order valence-electron chi connectivity index (χ0n) is 8.27. The summed E-state index contributed by atoms with van der Waals surface area (Å²) in [4.78, 5) is 0. The molecule has 2 aliphatic rings. The molecule has 0 amide bonds. The Hall–Kier alpha value is -1.26. The van der Waals surface area contributed by atoms with Crippen LogP contribution in [0.4, 0.5) is 0 Å². The highest BCUT2D eigenvalue weighted by Gasteiger charge is 2.18. The van der Waals surface area contributed by atoms with Crippen molar-refractivity contribution in [3.8, 4) is 11.5 Å². The van der Waals surface area contributed by atoms with Gasteiger partial charge in [-0.05, 0) is 17.7 Å². The molecule has 1 aromatic rings. The molecule has 0 atom stereocenters. The standard InChI is InChI=1S/C11H12O4/c1-2-9-10(15-7-14-9)5-8(1)6-11-12-3-4-13-11/h1-2,5,11H,3-4,6-7H2. The average molecular weight is 208 g/mol. The summed E-state index contributed by atoms with van der Waals surface area (Å²) in [6.07, 6.45) is 0.654. The van der Waals surface area contributed by atoms with E-state index >= 15 is 0 Å². The van der Waals surface area contributed by atoms with Crippen LogP contribution in [0.2, 0.25) is 0 Å². The lowest BCUT2D eigenvalue weighted by molar-refractivity contribution is -0.0400. The van der Waals surface area contributed by atoms with Crippen LogP contribution in [0, 0.1) is 0 Å². The van der Waals surface area contributed by atoms with Crippen molar-refractivity contribution in [1.82, 2.24) is 0 Å². The second kappa shape index (κ2) is 3.72. The number of fused-ring (bicyclic) bond motifs is 1. The number of hydrogen-bond donors (Lipinski definition) is 0. The van der Waals surface area contributed by atoms with Crippen LogP contribution in [0.3, 0.4) is 0 Å². The monoisotopic (exact) mass is 208 g/mol. The van der Waals surface area contributed by atoms with E-state index in [4.69, 9.17) is 18.9 Å². The van der Waals surface area contributed by atoms with Crippen molar-refractivity contribution in [3.63, 3.8) is 0 Å². The number of rotatable bonds is 2. The summed E-state index contributed by atoms with van der Waals surface area (Å²) in [6.45, 7) is 1.69. The Kier molecular flexibility index (Phi) is 2.23. The first-order valence-corrected chi connectivity index (χ1v) is 5.03. The van der Waals surface area contributed by atoms with E-state index < -0.39 is 0 Å². The predicted octanol–water partition coefficient (Wildman–Crippen LogP) is 1.33. The normalized spacial score (nSPS) is 19.7. The van der Waals surface area contributed by atoms with Crippen molar-refractivity contribution < 1.29 is 18.9 Å². The fraction of sp³-hybridized carbons (Fsp3) is 0.455. The van der Waals surface area contributed by atoms with Gasteiger partial charge in [-0.25, -0.2) is 0 Å². The third-order valence-electron chi connectivity index (χ3n) is 2.53. The minimum absolute atomic E-state index is 0.106. The van der Waals surface area contributed by atoms with Crippen molar-refractivity contribution in [2.24, 2.45) is 0 Å². The maximum Gasteiger partial charge on any atom is 0.231 e. The van der Waals surface area contributed by atoms with Gasteiger partial charge in [-0.1, -0.05) is 6.07 Å². The molecule has 3 rings (SSSR count). The molecule has 0 aromatic heterocycles. The fourth-order valence-corrected chi connectivity index (χ4v) is 1.79. The zero-order chi connectivity index (χ0) is 10.1. The second-order valence-corrected chi connectivity index (χ2v) is 3.56. The van der Waals surface area contributed by atoms with Gasteiger partial charge in [-0.2, -0.15) is 0 Å². The van der Waals surface area contributed by atoms with Gasteiger partial charge >= 0.3 is 0 Å². The Labute approximate surface area is 87.7 Å². The molecule has 0 N–H and O–H groups in total.